The van der Waals surface area contributed by atoms with E-state index in [0.29, 0.717) is 0 Å². The van der Waals surface area contributed by atoms with Gasteiger partial charge in [-0.2, -0.15) is 22.0 Å². The minimum Gasteiger partial charge on any atom is -0.463 e. The highest BCUT2D eigenvalue weighted by molar-refractivity contribution is 5.81. The fourth-order valence-electron chi connectivity index (χ4n) is 0.793. The lowest BCUT2D eigenvalue weighted by atomic mass is 10.2. The fraction of sp³-hybridized carbons (Fsp3) is 0.667. The first-order valence-electron chi connectivity index (χ1n) is 4.44. The molecule has 0 saturated carbocycles. The molecular weight excluding hydrogens is 235 g/mol. The number of hydrogen-bond donors (Lipinski definition) is 0. The molecule has 0 unspecified atom stereocenters. The smallest absolute Gasteiger partial charge is 0.453 e. The summed E-state index contributed by atoms with van der Waals surface area (Å²) in [5.74, 6) is -5.50. The maximum Gasteiger partial charge on any atom is 0.453 e. The van der Waals surface area contributed by atoms with Gasteiger partial charge in [-0.25, -0.2) is 4.79 Å². The monoisotopic (exact) mass is 246 g/mol. The van der Waals surface area contributed by atoms with Gasteiger partial charge in [-0.1, -0.05) is 6.08 Å². The van der Waals surface area contributed by atoms with Gasteiger partial charge in [0.15, 0.2) is 0 Å². The molecule has 0 atom stereocenters. The Balaban J connectivity index is 3.87. The van der Waals surface area contributed by atoms with Crippen molar-refractivity contribution in [3.63, 3.8) is 0 Å². The van der Waals surface area contributed by atoms with E-state index in [-0.39, 0.29) is 0 Å². The van der Waals surface area contributed by atoms with Crippen LogP contribution in [0.15, 0.2) is 12.2 Å². The van der Waals surface area contributed by atoms with Crippen molar-refractivity contribution in [3.8, 4) is 0 Å². The van der Waals surface area contributed by atoms with Crippen LogP contribution in [0.1, 0.15) is 19.8 Å². The molecule has 0 aliphatic rings. The van der Waals surface area contributed by atoms with E-state index < -0.39 is 37.5 Å². The molecule has 0 aromatic carbocycles. The Kier molecular flexibility index (Phi) is 5.40. The summed E-state index contributed by atoms with van der Waals surface area (Å²) in [6.07, 6.45) is -5.08. The molecule has 0 saturated heterocycles. The molecule has 0 spiro atoms. The summed E-state index contributed by atoms with van der Waals surface area (Å²) >= 11 is 0. The van der Waals surface area contributed by atoms with Crippen molar-refractivity contribution in [2.45, 2.75) is 31.9 Å². The zero-order valence-electron chi connectivity index (χ0n) is 8.48. The lowest BCUT2D eigenvalue weighted by Crippen LogP contribution is -2.36. The number of carbonyl (C=O) groups excluding carboxylic acids is 1. The molecule has 0 bridgehead atoms. The van der Waals surface area contributed by atoms with E-state index in [1.165, 1.54) is 6.08 Å². The first kappa shape index (κ1) is 14.9. The van der Waals surface area contributed by atoms with Crippen molar-refractivity contribution < 1.29 is 31.5 Å². The van der Waals surface area contributed by atoms with Gasteiger partial charge in [0.2, 0.25) is 0 Å². The molecule has 0 aromatic rings. The molecule has 0 radical (unpaired) electrons. The van der Waals surface area contributed by atoms with Crippen LogP contribution in [0.2, 0.25) is 0 Å². The number of alkyl halides is 5. The Hall–Kier alpha value is -1.14. The van der Waals surface area contributed by atoms with Crippen molar-refractivity contribution >= 4 is 5.97 Å². The lowest BCUT2D eigenvalue weighted by Gasteiger charge is -2.18. The maximum absolute atomic E-state index is 12.3. The van der Waals surface area contributed by atoms with Crippen LogP contribution >= 0.6 is 0 Å². The Morgan fingerprint density at radius 1 is 1.25 bits per heavy atom. The quantitative estimate of drug-likeness (QED) is 0.322. The molecule has 0 aliphatic carbocycles. The summed E-state index contributed by atoms with van der Waals surface area (Å²) in [6.45, 7) is 1.08. The van der Waals surface area contributed by atoms with Crippen LogP contribution in [0, 0.1) is 0 Å². The Morgan fingerprint density at radius 3 is 2.25 bits per heavy atom. The normalized spacial score (nSPS) is 13.1. The largest absolute Gasteiger partial charge is 0.463 e. The van der Waals surface area contributed by atoms with Crippen molar-refractivity contribution in [2.24, 2.45) is 0 Å². The van der Waals surface area contributed by atoms with Gasteiger partial charge in [0, 0.05) is 12.5 Å². The molecule has 16 heavy (non-hydrogen) atoms. The second kappa shape index (κ2) is 5.81. The summed E-state index contributed by atoms with van der Waals surface area (Å²) in [7, 11) is 0. The van der Waals surface area contributed by atoms with Crippen LogP contribution in [-0.2, 0) is 9.53 Å². The van der Waals surface area contributed by atoms with Crippen LogP contribution < -0.4 is 0 Å². The standard InChI is InChI=1S/C9H11F5O2/c1-2-4-7(15)16-6-3-5-8(10,11)9(12,13)14/h2,4H,3,5-6H2,1H3/b4-2-. The van der Waals surface area contributed by atoms with Crippen molar-refractivity contribution in [2.75, 3.05) is 6.61 Å². The Labute approximate surface area is 89.1 Å². The van der Waals surface area contributed by atoms with Crippen LogP contribution in [0.5, 0.6) is 0 Å². The van der Waals surface area contributed by atoms with Gasteiger partial charge in [-0.05, 0) is 13.3 Å². The predicted octanol–water partition coefficient (Wildman–Crippen LogP) is 3.08. The zero-order chi connectivity index (χ0) is 12.8. The minimum absolute atomic E-state index is 0.463. The second-order valence-corrected chi connectivity index (χ2v) is 2.97. The third kappa shape index (κ3) is 5.09. The number of allylic oxidation sites excluding steroid dienone is 1. The summed E-state index contributed by atoms with van der Waals surface area (Å²) in [5.41, 5.74) is 0. The van der Waals surface area contributed by atoms with Crippen LogP contribution in [0.25, 0.3) is 0 Å². The molecule has 7 heteroatoms. The SMILES string of the molecule is C/C=C\C(=O)OCCCC(F)(F)C(F)(F)F. The molecule has 0 amide bonds. The van der Waals surface area contributed by atoms with Crippen molar-refractivity contribution in [3.05, 3.63) is 12.2 Å². The average Bonchev–Trinajstić information content (AvgIpc) is 2.11. The molecule has 0 rings (SSSR count). The zero-order valence-corrected chi connectivity index (χ0v) is 8.48. The summed E-state index contributed by atoms with van der Waals surface area (Å²) in [5, 5.41) is 0. The summed E-state index contributed by atoms with van der Waals surface area (Å²) in [4.78, 5) is 10.6. The first-order chi connectivity index (χ1) is 7.20. The number of rotatable bonds is 5. The lowest BCUT2D eigenvalue weighted by molar-refractivity contribution is -0.284. The minimum atomic E-state index is -5.56. The topological polar surface area (TPSA) is 26.3 Å². The number of ether oxygens (including phenoxy) is 1. The fourth-order valence-corrected chi connectivity index (χ4v) is 0.793. The maximum atomic E-state index is 12.3. The average molecular weight is 246 g/mol. The van der Waals surface area contributed by atoms with Gasteiger partial charge in [-0.3, -0.25) is 0 Å². The molecule has 0 N–H and O–H groups in total. The predicted molar refractivity (Wildman–Crippen MR) is 46.0 cm³/mol. The highest BCUT2D eigenvalue weighted by Gasteiger charge is 2.56. The summed E-state index contributed by atoms with van der Waals surface area (Å²) in [6, 6.07) is 0. The van der Waals surface area contributed by atoms with E-state index in [4.69, 9.17) is 0 Å². The Bertz CT molecular complexity index is 257. The van der Waals surface area contributed by atoms with E-state index in [1.54, 1.807) is 6.92 Å². The molecule has 0 fully saturated rings. The van der Waals surface area contributed by atoms with Gasteiger partial charge < -0.3 is 4.74 Å². The molecular formula is C9H11F5O2. The number of esters is 1. The van der Waals surface area contributed by atoms with E-state index in [9.17, 15) is 26.7 Å². The van der Waals surface area contributed by atoms with Crippen molar-refractivity contribution in [1.82, 2.24) is 0 Å². The van der Waals surface area contributed by atoms with Crippen LogP contribution in [0.3, 0.4) is 0 Å². The van der Waals surface area contributed by atoms with E-state index in [0.717, 1.165) is 6.08 Å². The Morgan fingerprint density at radius 2 is 1.81 bits per heavy atom. The third-order valence-corrected chi connectivity index (χ3v) is 1.60. The van der Waals surface area contributed by atoms with Gasteiger partial charge in [0.05, 0.1) is 6.61 Å². The third-order valence-electron chi connectivity index (χ3n) is 1.60. The molecule has 0 aromatic heterocycles. The van der Waals surface area contributed by atoms with Gasteiger partial charge in [0.1, 0.15) is 0 Å². The number of halogens is 5. The highest BCUT2D eigenvalue weighted by atomic mass is 19.4. The van der Waals surface area contributed by atoms with E-state index >= 15 is 0 Å². The number of carbonyl (C=O) groups is 1. The molecule has 0 heterocycles. The van der Waals surface area contributed by atoms with E-state index in [2.05, 4.69) is 4.74 Å². The van der Waals surface area contributed by atoms with Crippen LogP contribution in [0.4, 0.5) is 22.0 Å². The van der Waals surface area contributed by atoms with E-state index in [1.807, 2.05) is 0 Å². The second-order valence-electron chi connectivity index (χ2n) is 2.97. The van der Waals surface area contributed by atoms with Crippen molar-refractivity contribution in [1.29, 1.82) is 0 Å². The highest BCUT2D eigenvalue weighted by Crippen LogP contribution is 2.38. The van der Waals surface area contributed by atoms with Gasteiger partial charge >= 0.3 is 18.1 Å². The molecule has 0 aliphatic heterocycles. The first-order valence-corrected chi connectivity index (χ1v) is 4.44. The summed E-state index contributed by atoms with van der Waals surface area (Å²) < 4.78 is 64.0. The van der Waals surface area contributed by atoms with Gasteiger partial charge in [-0.15, -0.1) is 0 Å². The van der Waals surface area contributed by atoms with Crippen LogP contribution in [-0.4, -0.2) is 24.7 Å². The van der Waals surface area contributed by atoms with Gasteiger partial charge in [0.25, 0.3) is 0 Å². The molecule has 94 valence electrons. The number of hydrogen-bond acceptors (Lipinski definition) is 2. The molecule has 2 nitrogen and oxygen atoms in total.